The fourth-order valence-electron chi connectivity index (χ4n) is 4.65. The maximum absolute atomic E-state index is 13.7. The van der Waals surface area contributed by atoms with E-state index in [0.717, 1.165) is 12.8 Å². The van der Waals surface area contributed by atoms with Crippen LogP contribution in [0.4, 0.5) is 17.6 Å². The Kier molecular flexibility index (Phi) is 7.00. The summed E-state index contributed by atoms with van der Waals surface area (Å²) in [6, 6.07) is 4.58. The van der Waals surface area contributed by atoms with Gasteiger partial charge in [0.05, 0.1) is 22.9 Å². The van der Waals surface area contributed by atoms with Crippen molar-refractivity contribution in [3.8, 4) is 0 Å². The van der Waals surface area contributed by atoms with E-state index < -0.39 is 46.5 Å². The first-order valence-electron chi connectivity index (χ1n) is 12.1. The number of halogens is 4. The van der Waals surface area contributed by atoms with Crippen molar-refractivity contribution in [2.75, 3.05) is 0 Å². The third-order valence-corrected chi connectivity index (χ3v) is 7.04. The maximum Gasteiger partial charge on any atom is 0.416 e. The van der Waals surface area contributed by atoms with E-state index in [1.807, 2.05) is 18.7 Å². The number of likely N-dealkylation sites (tertiary alicyclic amines) is 1. The van der Waals surface area contributed by atoms with E-state index in [1.54, 1.807) is 19.1 Å². The van der Waals surface area contributed by atoms with Crippen LogP contribution in [-0.4, -0.2) is 45.2 Å². The molecular formula is C26H28F4N4O3. The predicted octanol–water partition coefficient (Wildman–Crippen LogP) is 4.39. The number of nitrogens with zero attached hydrogens (tertiary/aromatic N) is 2. The molecular weight excluding hydrogens is 492 g/mol. The zero-order valence-electron chi connectivity index (χ0n) is 20.7. The van der Waals surface area contributed by atoms with Crippen LogP contribution < -0.4 is 10.6 Å². The van der Waals surface area contributed by atoms with E-state index in [9.17, 15) is 31.9 Å². The van der Waals surface area contributed by atoms with Crippen LogP contribution in [0, 0.1) is 5.82 Å². The van der Waals surface area contributed by atoms with E-state index >= 15 is 0 Å². The Morgan fingerprint density at radius 1 is 1.05 bits per heavy atom. The number of alkyl halides is 3. The van der Waals surface area contributed by atoms with E-state index in [-0.39, 0.29) is 30.8 Å². The standard InChI is InChI=1S/C26H28F4N4O3/c1-14-4-5-15(2)34(14)23(36)17-6-7-21(31-13-17)16(3)32-24(37)25(8-9-25)33-22(35)18-10-19(26(28,29)30)12-20(27)11-18/h6-7,10-16H,4-5,8-9H2,1-3H3,(H,32,37)(H,33,35). The van der Waals surface area contributed by atoms with Gasteiger partial charge in [-0.15, -0.1) is 0 Å². The van der Waals surface area contributed by atoms with Crippen molar-refractivity contribution < 1.29 is 31.9 Å². The molecule has 2 fully saturated rings. The average Bonchev–Trinajstić information content (AvgIpc) is 3.54. The lowest BCUT2D eigenvalue weighted by molar-refractivity contribution is -0.137. The van der Waals surface area contributed by atoms with E-state index in [1.165, 1.54) is 6.20 Å². The van der Waals surface area contributed by atoms with E-state index in [2.05, 4.69) is 15.6 Å². The fraction of sp³-hybridized carbons (Fsp3) is 0.462. The molecule has 0 radical (unpaired) electrons. The maximum atomic E-state index is 13.7. The van der Waals surface area contributed by atoms with Crippen molar-refractivity contribution in [2.24, 2.45) is 0 Å². The molecule has 7 nitrogen and oxygen atoms in total. The first-order valence-corrected chi connectivity index (χ1v) is 12.1. The van der Waals surface area contributed by atoms with Gasteiger partial charge in [0.1, 0.15) is 11.4 Å². The van der Waals surface area contributed by atoms with Crippen LogP contribution in [0.3, 0.4) is 0 Å². The van der Waals surface area contributed by atoms with Crippen LogP contribution in [0.15, 0.2) is 36.5 Å². The van der Waals surface area contributed by atoms with Crippen molar-refractivity contribution in [1.82, 2.24) is 20.5 Å². The number of carbonyl (C=O) groups excluding carboxylic acids is 3. The molecule has 0 spiro atoms. The smallest absolute Gasteiger partial charge is 0.346 e. The molecule has 1 aromatic heterocycles. The summed E-state index contributed by atoms with van der Waals surface area (Å²) in [6.07, 6.45) is -0.892. The van der Waals surface area contributed by atoms with Gasteiger partial charge in [0.15, 0.2) is 0 Å². The second kappa shape index (κ2) is 9.75. The molecule has 1 saturated heterocycles. The minimum Gasteiger partial charge on any atom is -0.346 e. The minimum absolute atomic E-state index is 0.0982. The summed E-state index contributed by atoms with van der Waals surface area (Å²) in [7, 11) is 0. The Labute approximate surface area is 211 Å². The molecule has 2 aromatic rings. The normalized spacial score (nSPS) is 21.3. The zero-order chi connectivity index (χ0) is 27.1. The van der Waals surface area contributed by atoms with Crippen LogP contribution >= 0.6 is 0 Å². The van der Waals surface area contributed by atoms with E-state index in [0.29, 0.717) is 29.5 Å². The topological polar surface area (TPSA) is 91.4 Å². The second-order valence-electron chi connectivity index (χ2n) is 9.92. The molecule has 198 valence electrons. The number of hydrogen-bond acceptors (Lipinski definition) is 4. The van der Waals surface area contributed by atoms with Gasteiger partial charge in [-0.1, -0.05) is 0 Å². The van der Waals surface area contributed by atoms with Crippen LogP contribution in [0.25, 0.3) is 0 Å². The number of rotatable bonds is 6. The first-order chi connectivity index (χ1) is 17.3. The Morgan fingerprint density at radius 2 is 1.70 bits per heavy atom. The first kappa shape index (κ1) is 26.6. The molecule has 2 N–H and O–H groups in total. The van der Waals surface area contributed by atoms with Gasteiger partial charge in [0.25, 0.3) is 11.8 Å². The highest BCUT2D eigenvalue weighted by Gasteiger charge is 2.51. The van der Waals surface area contributed by atoms with Gasteiger partial charge in [0.2, 0.25) is 5.91 Å². The van der Waals surface area contributed by atoms with Crippen LogP contribution in [0.5, 0.6) is 0 Å². The summed E-state index contributed by atoms with van der Waals surface area (Å²) in [4.78, 5) is 44.5. The van der Waals surface area contributed by atoms with Gasteiger partial charge >= 0.3 is 6.18 Å². The summed E-state index contributed by atoms with van der Waals surface area (Å²) < 4.78 is 52.7. The van der Waals surface area contributed by atoms with Crippen molar-refractivity contribution in [3.63, 3.8) is 0 Å². The molecule has 37 heavy (non-hydrogen) atoms. The molecule has 3 amide bonds. The monoisotopic (exact) mass is 520 g/mol. The Balaban J connectivity index is 1.40. The second-order valence-corrected chi connectivity index (χ2v) is 9.92. The minimum atomic E-state index is -4.82. The number of pyridine rings is 1. The number of nitrogens with one attached hydrogen (secondary N) is 2. The highest BCUT2D eigenvalue weighted by atomic mass is 19.4. The quantitative estimate of drug-likeness (QED) is 0.553. The van der Waals surface area contributed by atoms with Crippen molar-refractivity contribution in [3.05, 3.63) is 64.7 Å². The SMILES string of the molecule is CC(NC(=O)C1(NC(=O)c2cc(F)cc(C(F)(F)F)c2)CC1)c1ccc(C(=O)N2C(C)CCC2C)cn1. The lowest BCUT2D eigenvalue weighted by Gasteiger charge is -2.26. The average molecular weight is 521 g/mol. The molecule has 11 heteroatoms. The molecule has 3 atom stereocenters. The van der Waals surface area contributed by atoms with Gasteiger partial charge in [-0.25, -0.2) is 4.39 Å². The summed E-state index contributed by atoms with van der Waals surface area (Å²) in [5, 5.41) is 5.21. The third-order valence-electron chi connectivity index (χ3n) is 7.04. The van der Waals surface area contributed by atoms with Crippen LogP contribution in [0.2, 0.25) is 0 Å². The number of hydrogen-bond donors (Lipinski definition) is 2. The number of benzene rings is 1. The molecule has 2 aliphatic rings. The molecule has 1 saturated carbocycles. The zero-order valence-corrected chi connectivity index (χ0v) is 20.7. The fourth-order valence-corrected chi connectivity index (χ4v) is 4.65. The van der Waals surface area contributed by atoms with Gasteiger partial charge in [-0.05, 0) is 76.8 Å². The van der Waals surface area contributed by atoms with Crippen LogP contribution in [0.1, 0.15) is 84.5 Å². The predicted molar refractivity (Wildman–Crippen MR) is 126 cm³/mol. The summed E-state index contributed by atoms with van der Waals surface area (Å²) in [5.41, 5.74) is -2.17. The molecule has 3 unspecified atom stereocenters. The molecule has 1 aliphatic carbocycles. The van der Waals surface area contributed by atoms with Crippen LogP contribution in [-0.2, 0) is 11.0 Å². The Morgan fingerprint density at radius 3 is 2.24 bits per heavy atom. The number of carbonyl (C=O) groups is 3. The molecule has 2 heterocycles. The summed E-state index contributed by atoms with van der Waals surface area (Å²) in [6.45, 7) is 5.71. The highest BCUT2D eigenvalue weighted by molar-refractivity contribution is 6.01. The Bertz CT molecular complexity index is 1200. The Hall–Kier alpha value is -3.50. The summed E-state index contributed by atoms with van der Waals surface area (Å²) >= 11 is 0. The number of amides is 3. The highest BCUT2D eigenvalue weighted by Crippen LogP contribution is 2.37. The molecule has 4 rings (SSSR count). The number of aromatic nitrogens is 1. The molecule has 0 bridgehead atoms. The van der Waals surface area contributed by atoms with Crippen molar-refractivity contribution in [2.45, 2.75) is 76.3 Å². The van der Waals surface area contributed by atoms with Crippen molar-refractivity contribution in [1.29, 1.82) is 0 Å². The lowest BCUT2D eigenvalue weighted by atomic mass is 10.1. The van der Waals surface area contributed by atoms with Gasteiger partial charge in [-0.2, -0.15) is 13.2 Å². The van der Waals surface area contributed by atoms with Crippen molar-refractivity contribution >= 4 is 17.7 Å². The van der Waals surface area contributed by atoms with E-state index in [4.69, 9.17) is 0 Å². The van der Waals surface area contributed by atoms with Gasteiger partial charge < -0.3 is 15.5 Å². The summed E-state index contributed by atoms with van der Waals surface area (Å²) in [5.74, 6) is -2.80. The van der Waals surface area contributed by atoms with Gasteiger partial charge in [0, 0.05) is 23.8 Å². The third kappa shape index (κ3) is 5.60. The largest absolute Gasteiger partial charge is 0.416 e. The lowest BCUT2D eigenvalue weighted by Crippen LogP contribution is -2.49. The van der Waals surface area contributed by atoms with Gasteiger partial charge in [-0.3, -0.25) is 19.4 Å². The molecule has 1 aromatic carbocycles. The molecule has 1 aliphatic heterocycles.